The molecule has 1 aromatic heterocycles. The molecule has 4 nitrogen and oxygen atoms in total. The fourth-order valence-electron chi connectivity index (χ4n) is 1.75. The maximum absolute atomic E-state index is 11.8. The van der Waals surface area contributed by atoms with Gasteiger partial charge in [0.05, 0.1) is 11.9 Å². The summed E-state index contributed by atoms with van der Waals surface area (Å²) in [5.74, 6) is 0.768. The van der Waals surface area contributed by atoms with Gasteiger partial charge in [-0.2, -0.15) is 0 Å². The molecule has 0 radical (unpaired) electrons. The van der Waals surface area contributed by atoms with Crippen molar-refractivity contribution in [1.29, 1.82) is 0 Å². The second-order valence-electron chi connectivity index (χ2n) is 4.36. The first-order chi connectivity index (χ1) is 9.67. The Kier molecular flexibility index (Phi) is 5.12. The molecule has 104 valence electrons. The van der Waals surface area contributed by atoms with Crippen LogP contribution < -0.4 is 10.6 Å². The zero-order valence-corrected chi connectivity index (χ0v) is 12.8. The van der Waals surface area contributed by atoms with E-state index in [1.807, 2.05) is 36.4 Å². The Morgan fingerprint density at radius 1 is 1.20 bits per heavy atom. The molecule has 1 amide bonds. The Bertz CT molecular complexity index is 567. The van der Waals surface area contributed by atoms with Gasteiger partial charge in [0.2, 0.25) is 5.91 Å². The number of anilines is 2. The minimum atomic E-state index is -0.00748. The Morgan fingerprint density at radius 3 is 2.55 bits per heavy atom. The van der Waals surface area contributed by atoms with Crippen LogP contribution in [0.5, 0.6) is 0 Å². The van der Waals surface area contributed by atoms with Gasteiger partial charge in [-0.05, 0) is 36.2 Å². The van der Waals surface area contributed by atoms with E-state index in [1.165, 1.54) is 0 Å². The highest BCUT2D eigenvalue weighted by molar-refractivity contribution is 9.10. The molecule has 0 aliphatic rings. The number of carbonyl (C=O) groups is 1. The van der Waals surface area contributed by atoms with Crippen LogP contribution >= 0.6 is 15.9 Å². The lowest BCUT2D eigenvalue weighted by Crippen LogP contribution is -2.12. The molecule has 0 aliphatic carbocycles. The van der Waals surface area contributed by atoms with E-state index in [0.717, 1.165) is 22.3 Å². The topological polar surface area (TPSA) is 54.0 Å². The van der Waals surface area contributed by atoms with Gasteiger partial charge in [0.25, 0.3) is 0 Å². The maximum Gasteiger partial charge on any atom is 0.224 e. The molecule has 0 bridgehead atoms. The molecular weight excluding hydrogens is 318 g/mol. The second kappa shape index (κ2) is 7.05. The van der Waals surface area contributed by atoms with E-state index in [4.69, 9.17) is 0 Å². The lowest BCUT2D eigenvalue weighted by molar-refractivity contribution is -0.116. The number of halogens is 1. The van der Waals surface area contributed by atoms with Gasteiger partial charge in [-0.1, -0.05) is 28.1 Å². The summed E-state index contributed by atoms with van der Waals surface area (Å²) in [5.41, 5.74) is 1.86. The van der Waals surface area contributed by atoms with Crippen molar-refractivity contribution in [1.82, 2.24) is 4.98 Å². The monoisotopic (exact) mass is 333 g/mol. The summed E-state index contributed by atoms with van der Waals surface area (Å²) in [7, 11) is 1.80. The molecule has 2 aromatic rings. The van der Waals surface area contributed by atoms with Gasteiger partial charge < -0.3 is 10.6 Å². The Labute approximate surface area is 126 Å². The number of rotatable bonds is 5. The lowest BCUT2D eigenvalue weighted by atomic mass is 10.1. The first-order valence-corrected chi connectivity index (χ1v) is 7.15. The number of benzene rings is 1. The molecule has 0 aliphatic heterocycles. The second-order valence-corrected chi connectivity index (χ2v) is 5.27. The van der Waals surface area contributed by atoms with E-state index in [-0.39, 0.29) is 5.91 Å². The summed E-state index contributed by atoms with van der Waals surface area (Å²) in [5, 5.41) is 5.77. The van der Waals surface area contributed by atoms with Crippen LogP contribution in [-0.4, -0.2) is 17.9 Å². The van der Waals surface area contributed by atoms with Gasteiger partial charge in [-0.25, -0.2) is 4.98 Å². The normalized spacial score (nSPS) is 10.1. The molecule has 2 rings (SSSR count). The van der Waals surface area contributed by atoms with E-state index >= 15 is 0 Å². The molecule has 0 saturated heterocycles. The number of hydrogen-bond donors (Lipinski definition) is 2. The van der Waals surface area contributed by atoms with Crippen LogP contribution in [0.3, 0.4) is 0 Å². The third kappa shape index (κ3) is 4.35. The molecule has 0 unspecified atom stereocenters. The summed E-state index contributed by atoms with van der Waals surface area (Å²) in [6, 6.07) is 11.6. The fourth-order valence-corrected chi connectivity index (χ4v) is 2.01. The van der Waals surface area contributed by atoms with E-state index in [9.17, 15) is 4.79 Å². The number of aromatic nitrogens is 1. The Hall–Kier alpha value is -1.88. The van der Waals surface area contributed by atoms with E-state index in [0.29, 0.717) is 12.1 Å². The van der Waals surface area contributed by atoms with Crippen molar-refractivity contribution < 1.29 is 4.79 Å². The number of carbonyl (C=O) groups excluding carboxylic acids is 1. The lowest BCUT2D eigenvalue weighted by Gasteiger charge is -2.06. The SMILES string of the molecule is CNc1ccc(NC(=O)CCc2ccc(Br)cc2)cn1. The molecule has 0 atom stereocenters. The largest absolute Gasteiger partial charge is 0.373 e. The van der Waals surface area contributed by atoms with Crippen LogP contribution in [0.25, 0.3) is 0 Å². The summed E-state index contributed by atoms with van der Waals surface area (Å²) < 4.78 is 1.04. The van der Waals surface area contributed by atoms with Gasteiger partial charge in [-0.3, -0.25) is 4.79 Å². The highest BCUT2D eigenvalue weighted by Crippen LogP contribution is 2.13. The summed E-state index contributed by atoms with van der Waals surface area (Å²) in [4.78, 5) is 16.0. The van der Waals surface area contributed by atoms with Crippen molar-refractivity contribution in [2.24, 2.45) is 0 Å². The van der Waals surface area contributed by atoms with Crippen molar-refractivity contribution >= 4 is 33.3 Å². The molecule has 20 heavy (non-hydrogen) atoms. The van der Waals surface area contributed by atoms with Crippen molar-refractivity contribution in [2.45, 2.75) is 12.8 Å². The van der Waals surface area contributed by atoms with E-state index < -0.39 is 0 Å². The average molecular weight is 334 g/mol. The first-order valence-electron chi connectivity index (χ1n) is 6.35. The van der Waals surface area contributed by atoms with Crippen molar-refractivity contribution in [3.8, 4) is 0 Å². The smallest absolute Gasteiger partial charge is 0.224 e. The summed E-state index contributed by atoms with van der Waals surface area (Å²) >= 11 is 3.39. The fraction of sp³-hybridized carbons (Fsp3) is 0.200. The zero-order chi connectivity index (χ0) is 14.4. The minimum absolute atomic E-state index is 0.00748. The number of amides is 1. The molecular formula is C15H16BrN3O. The van der Waals surface area contributed by atoms with Gasteiger partial charge in [0.15, 0.2) is 0 Å². The molecule has 1 heterocycles. The predicted molar refractivity (Wildman–Crippen MR) is 84.9 cm³/mol. The molecule has 2 N–H and O–H groups in total. The minimum Gasteiger partial charge on any atom is -0.373 e. The molecule has 0 saturated carbocycles. The average Bonchev–Trinajstić information content (AvgIpc) is 2.47. The van der Waals surface area contributed by atoms with Crippen LogP contribution in [0.15, 0.2) is 47.1 Å². The van der Waals surface area contributed by atoms with Crippen molar-refractivity contribution in [2.75, 3.05) is 17.7 Å². The first kappa shape index (κ1) is 14.5. The number of pyridine rings is 1. The molecule has 0 spiro atoms. The number of hydrogen-bond acceptors (Lipinski definition) is 3. The zero-order valence-electron chi connectivity index (χ0n) is 11.2. The predicted octanol–water partition coefficient (Wildman–Crippen LogP) is 3.46. The molecule has 0 fully saturated rings. The quantitative estimate of drug-likeness (QED) is 0.880. The number of nitrogens with one attached hydrogen (secondary N) is 2. The van der Waals surface area contributed by atoms with Crippen LogP contribution in [-0.2, 0) is 11.2 Å². The van der Waals surface area contributed by atoms with E-state index in [2.05, 4.69) is 31.5 Å². The van der Waals surface area contributed by atoms with Crippen LogP contribution in [0, 0.1) is 0 Å². The van der Waals surface area contributed by atoms with Crippen LogP contribution in [0.4, 0.5) is 11.5 Å². The third-order valence-electron chi connectivity index (χ3n) is 2.86. The van der Waals surface area contributed by atoms with Gasteiger partial charge in [0, 0.05) is 17.9 Å². The third-order valence-corrected chi connectivity index (χ3v) is 3.39. The standard InChI is InChI=1S/C15H16BrN3O/c1-17-14-8-7-13(10-18-14)19-15(20)9-4-11-2-5-12(16)6-3-11/h2-3,5-8,10H,4,9H2,1H3,(H,17,18)(H,19,20). The van der Waals surface area contributed by atoms with Crippen molar-refractivity contribution in [3.63, 3.8) is 0 Å². The van der Waals surface area contributed by atoms with Gasteiger partial charge in [-0.15, -0.1) is 0 Å². The number of aryl methyl sites for hydroxylation is 1. The van der Waals surface area contributed by atoms with E-state index in [1.54, 1.807) is 13.2 Å². The summed E-state index contributed by atoms with van der Waals surface area (Å²) in [6.07, 6.45) is 2.82. The molecule has 1 aromatic carbocycles. The highest BCUT2D eigenvalue weighted by atomic mass is 79.9. The Morgan fingerprint density at radius 2 is 1.95 bits per heavy atom. The van der Waals surface area contributed by atoms with Crippen molar-refractivity contribution in [3.05, 3.63) is 52.6 Å². The Balaban J connectivity index is 1.84. The van der Waals surface area contributed by atoms with Crippen LogP contribution in [0.1, 0.15) is 12.0 Å². The van der Waals surface area contributed by atoms with Gasteiger partial charge in [0.1, 0.15) is 5.82 Å². The molecule has 5 heteroatoms. The highest BCUT2D eigenvalue weighted by Gasteiger charge is 2.03. The summed E-state index contributed by atoms with van der Waals surface area (Å²) in [6.45, 7) is 0. The number of nitrogens with zero attached hydrogens (tertiary/aromatic N) is 1. The van der Waals surface area contributed by atoms with Crippen LogP contribution in [0.2, 0.25) is 0 Å². The van der Waals surface area contributed by atoms with Gasteiger partial charge >= 0.3 is 0 Å². The maximum atomic E-state index is 11.8.